The molecule has 2 aromatic rings. The number of aromatic nitrogens is 1. The molecule has 6 heteroatoms. The smallest absolute Gasteiger partial charge is 0.347 e. The summed E-state index contributed by atoms with van der Waals surface area (Å²) in [6.45, 7) is 2.15. The summed E-state index contributed by atoms with van der Waals surface area (Å²) in [5.41, 5.74) is 0.928. The van der Waals surface area contributed by atoms with E-state index < -0.39 is 5.97 Å². The molecule has 0 spiro atoms. The largest absolute Gasteiger partial charge is 0.486 e. The van der Waals surface area contributed by atoms with Crippen molar-refractivity contribution < 1.29 is 14.6 Å². The molecular weight excluding hydrogens is 274 g/mol. The number of ether oxygens (including phenoxy) is 1. The van der Waals surface area contributed by atoms with Gasteiger partial charge in [0, 0.05) is 5.02 Å². The lowest BCUT2D eigenvalue weighted by Gasteiger charge is -2.07. The highest BCUT2D eigenvalue weighted by Crippen LogP contribution is 2.23. The summed E-state index contributed by atoms with van der Waals surface area (Å²) < 4.78 is 5.57. The van der Waals surface area contributed by atoms with Crippen LogP contribution < -0.4 is 4.74 Å². The van der Waals surface area contributed by atoms with Crippen molar-refractivity contribution in [2.45, 2.75) is 13.5 Å². The molecule has 0 saturated carbocycles. The van der Waals surface area contributed by atoms with E-state index in [4.69, 9.17) is 21.4 Å². The molecule has 0 unspecified atom stereocenters. The number of hydrogen-bond acceptors (Lipinski definition) is 4. The van der Waals surface area contributed by atoms with Crippen molar-refractivity contribution >= 4 is 28.9 Å². The molecule has 2 rings (SSSR count). The SMILES string of the molecule is Cc1cc(Cl)ccc1OCc1ncc(C(=O)O)s1. The lowest BCUT2D eigenvalue weighted by molar-refractivity contribution is 0.0702. The van der Waals surface area contributed by atoms with Gasteiger partial charge in [0.2, 0.25) is 0 Å². The minimum Gasteiger partial charge on any atom is -0.486 e. The van der Waals surface area contributed by atoms with Gasteiger partial charge in [0.1, 0.15) is 22.2 Å². The number of nitrogens with zero attached hydrogens (tertiary/aromatic N) is 1. The number of carbonyl (C=O) groups is 1. The lowest BCUT2D eigenvalue weighted by Crippen LogP contribution is -1.96. The van der Waals surface area contributed by atoms with Crippen LogP contribution in [0.5, 0.6) is 5.75 Å². The monoisotopic (exact) mass is 283 g/mol. The van der Waals surface area contributed by atoms with E-state index in [9.17, 15) is 4.79 Å². The lowest BCUT2D eigenvalue weighted by atomic mass is 10.2. The summed E-state index contributed by atoms with van der Waals surface area (Å²) in [6.07, 6.45) is 1.33. The summed E-state index contributed by atoms with van der Waals surface area (Å²) in [4.78, 5) is 14.9. The predicted octanol–water partition coefficient (Wildman–Crippen LogP) is 3.38. The predicted molar refractivity (Wildman–Crippen MR) is 69.6 cm³/mol. The first-order chi connectivity index (χ1) is 8.56. The Morgan fingerprint density at radius 2 is 2.33 bits per heavy atom. The summed E-state index contributed by atoms with van der Waals surface area (Å²) in [7, 11) is 0. The molecule has 94 valence electrons. The maximum Gasteiger partial charge on any atom is 0.347 e. The van der Waals surface area contributed by atoms with E-state index in [0.717, 1.165) is 16.9 Å². The van der Waals surface area contributed by atoms with E-state index in [1.54, 1.807) is 18.2 Å². The topological polar surface area (TPSA) is 59.4 Å². The van der Waals surface area contributed by atoms with Crippen LogP contribution in [-0.2, 0) is 6.61 Å². The molecule has 0 amide bonds. The Bertz CT molecular complexity index is 582. The van der Waals surface area contributed by atoms with Crippen LogP contribution >= 0.6 is 22.9 Å². The quantitative estimate of drug-likeness (QED) is 0.934. The zero-order chi connectivity index (χ0) is 13.1. The zero-order valence-electron chi connectivity index (χ0n) is 9.51. The van der Waals surface area contributed by atoms with Gasteiger partial charge in [-0.3, -0.25) is 0 Å². The zero-order valence-corrected chi connectivity index (χ0v) is 11.1. The molecule has 18 heavy (non-hydrogen) atoms. The van der Waals surface area contributed by atoms with Crippen molar-refractivity contribution in [1.29, 1.82) is 0 Å². The molecular formula is C12H10ClNO3S. The molecule has 1 aromatic heterocycles. The van der Waals surface area contributed by atoms with Gasteiger partial charge in [0.15, 0.2) is 0 Å². The van der Waals surface area contributed by atoms with Crippen LogP contribution in [0.2, 0.25) is 5.02 Å². The Morgan fingerprint density at radius 1 is 1.56 bits per heavy atom. The van der Waals surface area contributed by atoms with Gasteiger partial charge in [-0.2, -0.15) is 0 Å². The third-order valence-corrected chi connectivity index (χ3v) is 3.45. The molecule has 0 aliphatic rings. The number of carboxylic acids is 1. The minimum atomic E-state index is -0.971. The molecule has 0 atom stereocenters. The van der Waals surface area contributed by atoms with E-state index in [1.165, 1.54) is 6.20 Å². The first-order valence-electron chi connectivity index (χ1n) is 5.13. The Morgan fingerprint density at radius 3 is 2.94 bits per heavy atom. The number of hydrogen-bond donors (Lipinski definition) is 1. The molecule has 0 aliphatic carbocycles. The minimum absolute atomic E-state index is 0.210. The van der Waals surface area contributed by atoms with Gasteiger partial charge in [-0.15, -0.1) is 11.3 Å². The highest BCUT2D eigenvalue weighted by atomic mass is 35.5. The van der Waals surface area contributed by atoms with E-state index in [1.807, 2.05) is 6.92 Å². The molecule has 0 aliphatic heterocycles. The average molecular weight is 284 g/mol. The van der Waals surface area contributed by atoms with Crippen LogP contribution in [-0.4, -0.2) is 16.1 Å². The first kappa shape index (κ1) is 12.9. The van der Waals surface area contributed by atoms with Crippen molar-refractivity contribution in [2.75, 3.05) is 0 Å². The Balaban J connectivity index is 2.04. The molecule has 0 radical (unpaired) electrons. The molecule has 1 heterocycles. The Hall–Kier alpha value is -1.59. The van der Waals surface area contributed by atoms with Crippen molar-refractivity contribution in [3.63, 3.8) is 0 Å². The fourth-order valence-corrected chi connectivity index (χ4v) is 2.29. The van der Waals surface area contributed by atoms with Crippen LogP contribution in [0.4, 0.5) is 0 Å². The van der Waals surface area contributed by atoms with Crippen molar-refractivity contribution in [3.05, 3.63) is 44.9 Å². The van der Waals surface area contributed by atoms with E-state index >= 15 is 0 Å². The van der Waals surface area contributed by atoms with Crippen LogP contribution in [0.25, 0.3) is 0 Å². The highest BCUT2D eigenvalue weighted by Gasteiger charge is 2.09. The number of carboxylic acid groups (broad SMARTS) is 1. The molecule has 1 N–H and O–H groups in total. The Kier molecular flexibility index (Phi) is 3.84. The van der Waals surface area contributed by atoms with Gasteiger partial charge in [-0.1, -0.05) is 11.6 Å². The summed E-state index contributed by atoms with van der Waals surface area (Å²) in [6, 6.07) is 5.33. The number of rotatable bonds is 4. The fourth-order valence-electron chi connectivity index (χ4n) is 1.39. The second-order valence-corrected chi connectivity index (χ2v) is 5.17. The number of aromatic carboxylic acids is 1. The average Bonchev–Trinajstić information content (AvgIpc) is 2.76. The number of aryl methyl sites for hydroxylation is 1. The second kappa shape index (κ2) is 5.37. The van der Waals surface area contributed by atoms with Crippen molar-refractivity contribution in [3.8, 4) is 5.75 Å². The molecule has 4 nitrogen and oxygen atoms in total. The third-order valence-electron chi connectivity index (χ3n) is 2.25. The molecule has 0 bridgehead atoms. The fraction of sp³-hybridized carbons (Fsp3) is 0.167. The van der Waals surface area contributed by atoms with Crippen LogP contribution in [0.3, 0.4) is 0 Å². The van der Waals surface area contributed by atoms with E-state index in [-0.39, 0.29) is 11.5 Å². The van der Waals surface area contributed by atoms with Crippen LogP contribution in [0.15, 0.2) is 24.4 Å². The van der Waals surface area contributed by atoms with Gasteiger partial charge < -0.3 is 9.84 Å². The number of halogens is 1. The first-order valence-corrected chi connectivity index (χ1v) is 6.32. The third kappa shape index (κ3) is 3.00. The molecule has 1 aromatic carbocycles. The van der Waals surface area contributed by atoms with Gasteiger partial charge in [0.25, 0.3) is 0 Å². The number of benzene rings is 1. The van der Waals surface area contributed by atoms with Gasteiger partial charge >= 0.3 is 5.97 Å². The van der Waals surface area contributed by atoms with E-state index in [2.05, 4.69) is 4.98 Å². The standard InChI is InChI=1S/C12H10ClNO3S/c1-7-4-8(13)2-3-9(7)17-6-11-14-5-10(18-11)12(15)16/h2-5H,6H2,1H3,(H,15,16). The summed E-state index contributed by atoms with van der Waals surface area (Å²) in [5, 5.41) is 10.1. The maximum atomic E-state index is 10.7. The second-order valence-electron chi connectivity index (χ2n) is 3.62. The highest BCUT2D eigenvalue weighted by molar-refractivity contribution is 7.13. The van der Waals surface area contributed by atoms with E-state index in [0.29, 0.717) is 15.8 Å². The van der Waals surface area contributed by atoms with Crippen LogP contribution in [0, 0.1) is 6.92 Å². The van der Waals surface area contributed by atoms with Gasteiger partial charge in [0.05, 0.1) is 6.20 Å². The summed E-state index contributed by atoms with van der Waals surface area (Å²) >= 11 is 6.95. The van der Waals surface area contributed by atoms with Gasteiger partial charge in [-0.05, 0) is 30.7 Å². The van der Waals surface area contributed by atoms with Crippen molar-refractivity contribution in [2.24, 2.45) is 0 Å². The Labute approximate surface area is 113 Å². The normalized spacial score (nSPS) is 10.3. The number of thiazole rings is 1. The summed E-state index contributed by atoms with van der Waals surface area (Å²) in [5.74, 6) is -0.257. The van der Waals surface area contributed by atoms with Crippen molar-refractivity contribution in [1.82, 2.24) is 4.98 Å². The maximum absolute atomic E-state index is 10.7. The molecule has 0 saturated heterocycles. The molecule has 0 fully saturated rings. The van der Waals surface area contributed by atoms with Gasteiger partial charge in [-0.25, -0.2) is 9.78 Å². The van der Waals surface area contributed by atoms with Crippen LogP contribution in [0.1, 0.15) is 20.2 Å².